The van der Waals surface area contributed by atoms with Crippen LogP contribution < -0.4 is 0 Å². The number of carbonyl (C=O) groups is 2. The van der Waals surface area contributed by atoms with Gasteiger partial charge in [-0.25, -0.2) is 0 Å². The molecule has 142 valence electrons. The lowest BCUT2D eigenvalue weighted by Crippen LogP contribution is -2.23. The van der Waals surface area contributed by atoms with Gasteiger partial charge in [-0.05, 0) is 34.6 Å². The Hall–Kier alpha value is -2.62. The number of hydrogen-bond donors (Lipinski definition) is 0. The first-order valence-corrected chi connectivity index (χ1v) is 9.43. The summed E-state index contributed by atoms with van der Waals surface area (Å²) in [6, 6.07) is 16.4. The quantitative estimate of drug-likeness (QED) is 0.674. The largest absolute Gasteiger partial charge is 0.469 e. The normalized spacial score (nSPS) is 13.8. The van der Waals surface area contributed by atoms with Gasteiger partial charge in [-0.15, -0.1) is 0 Å². The Labute approximate surface area is 160 Å². The van der Waals surface area contributed by atoms with Crippen LogP contribution in [0.2, 0.25) is 0 Å². The Balaban J connectivity index is 1.69. The van der Waals surface area contributed by atoms with Gasteiger partial charge in [0.2, 0.25) is 0 Å². The van der Waals surface area contributed by atoms with Crippen molar-refractivity contribution < 1.29 is 19.1 Å². The van der Waals surface area contributed by atoms with E-state index in [1.165, 1.54) is 29.4 Å². The highest BCUT2D eigenvalue weighted by atomic mass is 16.5. The molecule has 4 heteroatoms. The molecular weight excluding hydrogens is 340 g/mol. The Morgan fingerprint density at radius 1 is 0.963 bits per heavy atom. The maximum absolute atomic E-state index is 12.4. The molecule has 0 N–H and O–H groups in total. The van der Waals surface area contributed by atoms with Gasteiger partial charge in [-0.2, -0.15) is 0 Å². The summed E-state index contributed by atoms with van der Waals surface area (Å²) in [5.74, 6) is -0.825. The van der Waals surface area contributed by atoms with Gasteiger partial charge in [0, 0.05) is 5.92 Å². The van der Waals surface area contributed by atoms with Crippen LogP contribution in [0.4, 0.5) is 0 Å². The monoisotopic (exact) mass is 366 g/mol. The van der Waals surface area contributed by atoms with Gasteiger partial charge in [-0.3, -0.25) is 9.59 Å². The molecule has 0 radical (unpaired) electrons. The number of benzene rings is 2. The smallest absolute Gasteiger partial charge is 0.309 e. The van der Waals surface area contributed by atoms with E-state index in [9.17, 15) is 9.59 Å². The number of esters is 2. The predicted molar refractivity (Wildman–Crippen MR) is 104 cm³/mol. The van der Waals surface area contributed by atoms with Crippen LogP contribution in [0.25, 0.3) is 11.1 Å². The van der Waals surface area contributed by atoms with Crippen LogP contribution in [-0.2, 0) is 19.1 Å². The fourth-order valence-corrected chi connectivity index (χ4v) is 3.87. The van der Waals surface area contributed by atoms with Gasteiger partial charge in [0.05, 0.1) is 19.4 Å². The van der Waals surface area contributed by atoms with Gasteiger partial charge in [0.25, 0.3) is 0 Å². The molecule has 2 aromatic rings. The van der Waals surface area contributed by atoms with E-state index < -0.39 is 5.92 Å². The first kappa shape index (κ1) is 19.2. The number of carbonyl (C=O) groups excluding carboxylic acids is 2. The minimum atomic E-state index is -0.453. The maximum atomic E-state index is 12.4. The highest BCUT2D eigenvalue weighted by Crippen LogP contribution is 2.44. The van der Waals surface area contributed by atoms with Gasteiger partial charge in [0.15, 0.2) is 0 Å². The van der Waals surface area contributed by atoms with Crippen molar-refractivity contribution in [2.45, 2.75) is 32.6 Å². The molecule has 0 unspecified atom stereocenters. The van der Waals surface area contributed by atoms with E-state index in [1.54, 1.807) is 0 Å². The summed E-state index contributed by atoms with van der Waals surface area (Å²) >= 11 is 0. The molecule has 3 rings (SSSR count). The lowest BCUT2D eigenvalue weighted by Gasteiger charge is -2.18. The third-order valence-electron chi connectivity index (χ3n) is 5.08. The first-order chi connectivity index (χ1) is 13.0. The summed E-state index contributed by atoms with van der Waals surface area (Å²) in [7, 11) is 1.35. The second-order valence-corrected chi connectivity index (χ2v) is 7.46. The molecule has 0 heterocycles. The molecule has 1 atom stereocenters. The SMILES string of the molecule is COC(=O)[C@@H](CC(=O)OCC1c2ccccc2-c2ccccc21)CC(C)C. The summed E-state index contributed by atoms with van der Waals surface area (Å²) in [5.41, 5.74) is 4.75. The van der Waals surface area contributed by atoms with Gasteiger partial charge < -0.3 is 9.47 Å². The van der Waals surface area contributed by atoms with E-state index >= 15 is 0 Å². The fourth-order valence-electron chi connectivity index (χ4n) is 3.87. The van der Waals surface area contributed by atoms with E-state index in [-0.39, 0.29) is 30.9 Å². The van der Waals surface area contributed by atoms with E-state index in [4.69, 9.17) is 9.47 Å². The van der Waals surface area contributed by atoms with E-state index in [2.05, 4.69) is 24.3 Å². The predicted octanol–water partition coefficient (Wildman–Crippen LogP) is 4.57. The molecule has 2 aromatic carbocycles. The Morgan fingerprint density at radius 2 is 1.52 bits per heavy atom. The summed E-state index contributed by atoms with van der Waals surface area (Å²) in [6.45, 7) is 4.32. The van der Waals surface area contributed by atoms with Gasteiger partial charge >= 0.3 is 11.9 Å². The summed E-state index contributed by atoms with van der Waals surface area (Å²) < 4.78 is 10.4. The Morgan fingerprint density at radius 3 is 2.04 bits per heavy atom. The topological polar surface area (TPSA) is 52.6 Å². The molecule has 27 heavy (non-hydrogen) atoms. The van der Waals surface area contributed by atoms with Crippen molar-refractivity contribution >= 4 is 11.9 Å². The molecule has 1 aliphatic carbocycles. The van der Waals surface area contributed by atoms with Gasteiger partial charge in [-0.1, -0.05) is 62.4 Å². The molecule has 0 aromatic heterocycles. The highest BCUT2D eigenvalue weighted by Gasteiger charge is 2.30. The molecule has 0 saturated carbocycles. The van der Waals surface area contributed by atoms with Crippen molar-refractivity contribution in [3.8, 4) is 11.1 Å². The van der Waals surface area contributed by atoms with Crippen molar-refractivity contribution in [2.75, 3.05) is 13.7 Å². The van der Waals surface area contributed by atoms with Crippen LogP contribution in [0, 0.1) is 11.8 Å². The third kappa shape index (κ3) is 4.21. The molecule has 1 aliphatic rings. The van der Waals surface area contributed by atoms with Crippen LogP contribution in [0.15, 0.2) is 48.5 Å². The minimum Gasteiger partial charge on any atom is -0.469 e. The van der Waals surface area contributed by atoms with Crippen LogP contribution in [0.5, 0.6) is 0 Å². The van der Waals surface area contributed by atoms with E-state index in [0.29, 0.717) is 12.3 Å². The average Bonchev–Trinajstić information content (AvgIpc) is 2.99. The lowest BCUT2D eigenvalue weighted by molar-refractivity contribution is -0.154. The molecule has 0 saturated heterocycles. The Bertz CT molecular complexity index is 779. The number of hydrogen-bond acceptors (Lipinski definition) is 4. The maximum Gasteiger partial charge on any atom is 0.309 e. The second kappa shape index (κ2) is 8.38. The molecule has 0 spiro atoms. The van der Waals surface area contributed by atoms with Gasteiger partial charge in [0.1, 0.15) is 6.61 Å². The Kier molecular flexibility index (Phi) is 5.94. The number of rotatable bonds is 7. The zero-order valence-corrected chi connectivity index (χ0v) is 16.1. The summed E-state index contributed by atoms with van der Waals surface area (Å²) in [4.78, 5) is 24.3. The molecule has 0 aliphatic heterocycles. The zero-order chi connectivity index (χ0) is 19.4. The van der Waals surface area contributed by atoms with Crippen molar-refractivity contribution in [1.82, 2.24) is 0 Å². The zero-order valence-electron chi connectivity index (χ0n) is 16.1. The minimum absolute atomic E-state index is 0.0306. The van der Waals surface area contributed by atoms with E-state index in [0.717, 1.165) is 0 Å². The van der Waals surface area contributed by atoms with Crippen LogP contribution in [0.3, 0.4) is 0 Å². The van der Waals surface area contributed by atoms with Crippen molar-refractivity contribution in [2.24, 2.45) is 11.8 Å². The van der Waals surface area contributed by atoms with Crippen molar-refractivity contribution in [1.29, 1.82) is 0 Å². The van der Waals surface area contributed by atoms with Crippen LogP contribution >= 0.6 is 0 Å². The summed E-state index contributed by atoms with van der Waals surface area (Å²) in [6.07, 6.45) is 0.664. The van der Waals surface area contributed by atoms with Crippen molar-refractivity contribution in [3.63, 3.8) is 0 Å². The van der Waals surface area contributed by atoms with Crippen molar-refractivity contribution in [3.05, 3.63) is 59.7 Å². The summed E-state index contributed by atoms with van der Waals surface area (Å²) in [5, 5.41) is 0. The lowest BCUT2D eigenvalue weighted by atomic mass is 9.94. The first-order valence-electron chi connectivity index (χ1n) is 9.43. The van der Waals surface area contributed by atoms with Crippen LogP contribution in [-0.4, -0.2) is 25.7 Å². The molecule has 0 bridgehead atoms. The average molecular weight is 366 g/mol. The number of ether oxygens (including phenoxy) is 2. The molecule has 4 nitrogen and oxygen atoms in total. The number of methoxy groups -OCH3 is 1. The van der Waals surface area contributed by atoms with E-state index in [1.807, 2.05) is 38.1 Å². The number of fused-ring (bicyclic) bond motifs is 3. The fraction of sp³-hybridized carbons (Fsp3) is 0.391. The second-order valence-electron chi connectivity index (χ2n) is 7.46. The highest BCUT2D eigenvalue weighted by molar-refractivity contribution is 5.81. The standard InChI is InChI=1S/C23H26O4/c1-15(2)12-16(23(25)26-3)13-22(24)27-14-21-19-10-6-4-8-17(19)18-9-5-7-11-20(18)21/h4-11,15-16,21H,12-14H2,1-3H3/t16-/m1/s1. The molecule has 0 fully saturated rings. The third-order valence-corrected chi connectivity index (χ3v) is 5.08. The van der Waals surface area contributed by atoms with Crippen LogP contribution in [0.1, 0.15) is 43.7 Å². The molecule has 0 amide bonds. The molecular formula is C23H26O4.